The Bertz CT molecular complexity index is 1390. The van der Waals surface area contributed by atoms with Crippen molar-refractivity contribution in [2.24, 2.45) is 52.3 Å². The molecule has 10 nitrogen and oxygen atoms in total. The van der Waals surface area contributed by atoms with Crippen molar-refractivity contribution in [2.75, 3.05) is 18.9 Å². The third kappa shape index (κ3) is 8.51. The summed E-state index contributed by atoms with van der Waals surface area (Å²) in [6.45, 7) is 7.44. The Labute approximate surface area is 297 Å². The molecule has 4 fully saturated rings. The molecule has 4 aliphatic carbocycles. The maximum Gasteiger partial charge on any atom is 0.307 e. The lowest BCUT2D eigenvalue weighted by Gasteiger charge is -2.62. The predicted octanol–water partition coefficient (Wildman–Crippen LogP) is 6.57. The molecule has 5 rings (SSSR count). The van der Waals surface area contributed by atoms with Crippen molar-refractivity contribution in [3.63, 3.8) is 0 Å². The van der Waals surface area contributed by atoms with Gasteiger partial charge in [0.05, 0.1) is 24.7 Å². The molecule has 0 aliphatic heterocycles. The van der Waals surface area contributed by atoms with Gasteiger partial charge in [-0.1, -0.05) is 51.1 Å². The third-order valence-electron chi connectivity index (χ3n) is 14.0. The number of carboxylic acid groups (broad SMARTS) is 2. The molecule has 0 aromatic heterocycles. The number of rotatable bonds is 16. The Kier molecular flexibility index (Phi) is 12.6. The highest BCUT2D eigenvalue weighted by Crippen LogP contribution is 2.68. The molecule has 4 saturated carbocycles. The summed E-state index contributed by atoms with van der Waals surface area (Å²) < 4.78 is 19.8. The van der Waals surface area contributed by atoms with Crippen molar-refractivity contribution in [1.29, 1.82) is 0 Å². The van der Waals surface area contributed by atoms with E-state index in [1.807, 2.05) is 30.3 Å². The largest absolute Gasteiger partial charge is 0.481 e. The zero-order valence-electron chi connectivity index (χ0n) is 30.2. The van der Waals surface area contributed by atoms with Crippen LogP contribution >= 0.6 is 7.37 Å². The van der Waals surface area contributed by atoms with Crippen molar-refractivity contribution >= 4 is 25.2 Å². The molecule has 0 spiro atoms. The average molecular weight is 718 g/mol. The van der Waals surface area contributed by atoms with Gasteiger partial charge in [-0.15, -0.1) is 0 Å². The van der Waals surface area contributed by atoms with Crippen molar-refractivity contribution in [3.05, 3.63) is 35.9 Å². The summed E-state index contributed by atoms with van der Waals surface area (Å²) in [5, 5.41) is 44.0. The number of carboxylic acids is 2. The van der Waals surface area contributed by atoms with Crippen LogP contribution in [0.2, 0.25) is 0 Å². The Morgan fingerprint density at radius 1 is 0.960 bits per heavy atom. The first-order valence-electron chi connectivity index (χ1n) is 19.0. The molecule has 1 aromatic carbocycles. The Hall–Kier alpha value is -2.26. The number of amides is 1. The van der Waals surface area contributed by atoms with Gasteiger partial charge in [-0.25, -0.2) is 0 Å². The van der Waals surface area contributed by atoms with E-state index >= 15 is 0 Å². The highest BCUT2D eigenvalue weighted by molar-refractivity contribution is 7.59. The van der Waals surface area contributed by atoms with Crippen LogP contribution in [0.4, 0.5) is 0 Å². The van der Waals surface area contributed by atoms with E-state index < -0.39 is 25.2 Å². The average Bonchev–Trinajstić information content (AvgIpc) is 3.44. The van der Waals surface area contributed by atoms with Gasteiger partial charge >= 0.3 is 11.9 Å². The molecular formula is C39H60NO9P. The molecule has 6 unspecified atom stereocenters. The maximum absolute atomic E-state index is 14.0. The summed E-state index contributed by atoms with van der Waals surface area (Å²) in [4.78, 5) is 36.1. The summed E-state index contributed by atoms with van der Waals surface area (Å²) in [5.74, 6) is -1.01. The fourth-order valence-electron chi connectivity index (χ4n) is 11.1. The monoisotopic (exact) mass is 717 g/mol. The molecule has 4 aliphatic rings. The van der Waals surface area contributed by atoms with Gasteiger partial charge in [0.1, 0.15) is 0 Å². The van der Waals surface area contributed by atoms with Crippen molar-refractivity contribution in [2.45, 2.75) is 117 Å². The maximum atomic E-state index is 14.0. The summed E-state index contributed by atoms with van der Waals surface area (Å²) >= 11 is 0. The molecule has 0 radical (unpaired) electrons. The van der Waals surface area contributed by atoms with E-state index in [2.05, 4.69) is 26.1 Å². The number of nitrogens with one attached hydrogen (secondary N) is 1. The first-order chi connectivity index (χ1) is 23.7. The van der Waals surface area contributed by atoms with E-state index in [1.54, 1.807) is 0 Å². The van der Waals surface area contributed by atoms with E-state index in [0.29, 0.717) is 42.1 Å². The smallest absolute Gasteiger partial charge is 0.307 e. The van der Waals surface area contributed by atoms with Gasteiger partial charge in [0.15, 0.2) is 0 Å². The van der Waals surface area contributed by atoms with Gasteiger partial charge in [-0.05, 0) is 116 Å². The van der Waals surface area contributed by atoms with E-state index in [9.17, 15) is 34.3 Å². The highest BCUT2D eigenvalue weighted by Gasteiger charge is 2.63. The van der Waals surface area contributed by atoms with Crippen LogP contribution in [-0.2, 0) is 30.1 Å². The molecule has 0 heterocycles. The molecule has 1 amide bonds. The van der Waals surface area contributed by atoms with Gasteiger partial charge < -0.3 is 30.3 Å². The molecule has 0 saturated heterocycles. The fourth-order valence-corrected chi connectivity index (χ4v) is 13.4. The first-order valence-corrected chi connectivity index (χ1v) is 21.0. The second kappa shape index (κ2) is 16.2. The molecule has 12 atom stereocenters. The predicted molar refractivity (Wildman–Crippen MR) is 191 cm³/mol. The van der Waals surface area contributed by atoms with Crippen LogP contribution in [0.15, 0.2) is 30.3 Å². The van der Waals surface area contributed by atoms with Gasteiger partial charge in [-0.2, -0.15) is 0 Å². The minimum atomic E-state index is -3.61. The minimum Gasteiger partial charge on any atom is -0.481 e. The summed E-state index contributed by atoms with van der Waals surface area (Å²) in [6, 6.07) is 9.09. The molecular weight excluding hydrogens is 657 g/mol. The molecule has 280 valence electrons. The third-order valence-corrected chi connectivity index (χ3v) is 16.5. The number of benzene rings is 1. The Morgan fingerprint density at radius 2 is 1.70 bits per heavy atom. The Balaban J connectivity index is 1.15. The summed E-state index contributed by atoms with van der Waals surface area (Å²) in [7, 11) is -3.61. The Morgan fingerprint density at radius 3 is 2.40 bits per heavy atom. The highest BCUT2D eigenvalue weighted by atomic mass is 31.2. The summed E-state index contributed by atoms with van der Waals surface area (Å²) in [5.41, 5.74) is 0.800. The number of aliphatic carboxylic acids is 2. The lowest BCUT2D eigenvalue weighted by atomic mass is 9.43. The number of hydrogen-bond acceptors (Lipinski definition) is 7. The molecule has 0 bridgehead atoms. The molecule has 1 aromatic rings. The van der Waals surface area contributed by atoms with Crippen LogP contribution in [0, 0.1) is 52.3 Å². The van der Waals surface area contributed by atoms with Crippen LogP contribution in [0.5, 0.6) is 0 Å². The van der Waals surface area contributed by atoms with Gasteiger partial charge in [0.2, 0.25) is 13.3 Å². The number of aliphatic hydroxyl groups is 2. The van der Waals surface area contributed by atoms with Crippen molar-refractivity contribution < 1.29 is 43.9 Å². The second-order valence-electron chi connectivity index (χ2n) is 16.7. The number of carbonyl (C=O) groups excluding carboxylic acids is 1. The molecule has 5 N–H and O–H groups in total. The van der Waals surface area contributed by atoms with Crippen LogP contribution in [0.25, 0.3) is 0 Å². The minimum absolute atomic E-state index is 0.0000730. The van der Waals surface area contributed by atoms with Gasteiger partial charge in [0, 0.05) is 31.7 Å². The topological polar surface area (TPSA) is 170 Å². The normalized spacial score (nSPS) is 35.8. The lowest BCUT2D eigenvalue weighted by Crippen LogP contribution is -2.58. The quantitative estimate of drug-likeness (QED) is 0.119. The number of carbonyl (C=O) groups is 3. The summed E-state index contributed by atoms with van der Waals surface area (Å²) in [6.07, 6.45) is 7.34. The molecule has 50 heavy (non-hydrogen) atoms. The lowest BCUT2D eigenvalue weighted by molar-refractivity contribution is -0.174. The second-order valence-corrected chi connectivity index (χ2v) is 19.4. The zero-order chi connectivity index (χ0) is 36.3. The van der Waals surface area contributed by atoms with Crippen LogP contribution in [-0.4, -0.2) is 69.3 Å². The van der Waals surface area contributed by atoms with Crippen LogP contribution < -0.4 is 5.32 Å². The van der Waals surface area contributed by atoms with E-state index in [-0.39, 0.29) is 67.1 Å². The van der Waals surface area contributed by atoms with Crippen LogP contribution in [0.3, 0.4) is 0 Å². The first kappa shape index (κ1) is 39.0. The number of fused-ring (bicyclic) bond motifs is 5. The fraction of sp³-hybridized carbons (Fsp3) is 0.769. The number of aliphatic hydroxyl groups excluding tert-OH is 2. The van der Waals surface area contributed by atoms with E-state index in [0.717, 1.165) is 50.5 Å². The SMILES string of the molecule is C[C@H](CCNC(=O)CCP(=O)(CC(CCC(=O)O)C(=O)O)OCc1ccccc1)[C@H]1CCC2C3CCC4C[C@H](O)CC[C@]4(C)C3C[C@H](O)[C@@]21C. The van der Waals surface area contributed by atoms with E-state index in [4.69, 9.17) is 9.63 Å². The van der Waals surface area contributed by atoms with Crippen molar-refractivity contribution in [1.82, 2.24) is 5.32 Å². The van der Waals surface area contributed by atoms with E-state index in [1.165, 1.54) is 12.8 Å². The van der Waals surface area contributed by atoms with Gasteiger partial charge in [-0.3, -0.25) is 18.9 Å². The molecule has 11 heteroatoms. The van der Waals surface area contributed by atoms with Crippen LogP contribution in [0.1, 0.15) is 103 Å². The van der Waals surface area contributed by atoms with Gasteiger partial charge in [0.25, 0.3) is 0 Å². The number of hydrogen-bond donors (Lipinski definition) is 5. The van der Waals surface area contributed by atoms with Crippen molar-refractivity contribution in [3.8, 4) is 0 Å². The standard InChI is InChI=1S/C39H60NO9P/c1-25(31-12-13-32-30-11-10-28-21-29(41)15-18-38(28,2)33(30)22-34(42)39(31,32)3)16-19-40-35(43)17-20-50(48,49-23-26-7-5-4-6-8-26)24-27(37(46)47)9-14-36(44)45/h4-8,25,27-34,41-42H,9-24H2,1-3H3,(H,40,43)(H,44,45)(H,46,47)/t25-,27?,28?,29-,30?,31-,32?,33?,34+,38+,39-,50?/m1/s1. The zero-order valence-corrected chi connectivity index (χ0v) is 31.1.